The number of imidazole rings is 1. The van der Waals surface area contributed by atoms with Crippen LogP contribution in [-0.4, -0.2) is 22.0 Å². The molecule has 0 bridgehead atoms. The fourth-order valence-corrected chi connectivity index (χ4v) is 3.69. The van der Waals surface area contributed by atoms with Crippen LogP contribution in [0.5, 0.6) is 0 Å². The lowest BCUT2D eigenvalue weighted by atomic mass is 10.1. The van der Waals surface area contributed by atoms with Gasteiger partial charge in [-0.15, -0.1) is 0 Å². The van der Waals surface area contributed by atoms with E-state index in [4.69, 9.17) is 4.98 Å². The number of carbonyl (C=O) groups excluding carboxylic acids is 1. The molecule has 0 saturated heterocycles. The summed E-state index contributed by atoms with van der Waals surface area (Å²) in [5.74, 6) is 1.13. The molecule has 0 radical (unpaired) electrons. The van der Waals surface area contributed by atoms with Crippen LogP contribution in [0.25, 0.3) is 11.0 Å². The van der Waals surface area contributed by atoms with E-state index in [2.05, 4.69) is 35.0 Å². The molecule has 0 unspecified atom stereocenters. The molecule has 154 valence electrons. The van der Waals surface area contributed by atoms with Crippen molar-refractivity contribution >= 4 is 16.9 Å². The maximum atomic E-state index is 12.3. The van der Waals surface area contributed by atoms with Crippen LogP contribution in [0, 0.1) is 6.92 Å². The van der Waals surface area contributed by atoms with Gasteiger partial charge in [0.05, 0.1) is 11.0 Å². The third kappa shape index (κ3) is 5.93. The number of amides is 1. The molecule has 0 fully saturated rings. The fourth-order valence-electron chi connectivity index (χ4n) is 3.69. The maximum Gasteiger partial charge on any atom is 0.251 e. The number of aryl methyl sites for hydroxylation is 3. The summed E-state index contributed by atoms with van der Waals surface area (Å²) in [5.41, 5.74) is 4.17. The standard InChI is InChI=1S/C25H33N3O/c1-3-4-5-6-9-19-28-23-12-8-7-11-22(23)27-24(28)13-10-18-26-25(29)21-16-14-20(2)15-17-21/h7-8,11-12,14-17H,3-6,9-10,13,18-19H2,1-2H3,(H,26,29). The lowest BCUT2D eigenvalue weighted by molar-refractivity contribution is 0.0953. The van der Waals surface area contributed by atoms with Gasteiger partial charge in [-0.3, -0.25) is 4.79 Å². The van der Waals surface area contributed by atoms with E-state index < -0.39 is 0 Å². The van der Waals surface area contributed by atoms with E-state index >= 15 is 0 Å². The number of para-hydroxylation sites is 2. The van der Waals surface area contributed by atoms with Gasteiger partial charge in [0, 0.05) is 25.1 Å². The first-order chi connectivity index (χ1) is 14.2. The van der Waals surface area contributed by atoms with E-state index in [0.717, 1.165) is 41.9 Å². The van der Waals surface area contributed by atoms with Crippen LogP contribution >= 0.6 is 0 Å². The van der Waals surface area contributed by atoms with Gasteiger partial charge < -0.3 is 9.88 Å². The number of aromatic nitrogens is 2. The van der Waals surface area contributed by atoms with Crippen molar-refractivity contribution in [2.75, 3.05) is 6.54 Å². The van der Waals surface area contributed by atoms with Crippen LogP contribution < -0.4 is 5.32 Å². The number of hydrogen-bond acceptors (Lipinski definition) is 2. The first kappa shape index (κ1) is 21.1. The molecular weight excluding hydrogens is 358 g/mol. The number of fused-ring (bicyclic) bond motifs is 1. The topological polar surface area (TPSA) is 46.9 Å². The molecule has 1 N–H and O–H groups in total. The summed E-state index contributed by atoms with van der Waals surface area (Å²) in [7, 11) is 0. The number of unbranched alkanes of at least 4 members (excludes halogenated alkanes) is 4. The Morgan fingerprint density at radius 3 is 2.52 bits per heavy atom. The van der Waals surface area contributed by atoms with Crippen molar-refractivity contribution in [3.05, 3.63) is 65.5 Å². The lowest BCUT2D eigenvalue weighted by Gasteiger charge is -2.10. The predicted molar refractivity (Wildman–Crippen MR) is 120 cm³/mol. The van der Waals surface area contributed by atoms with Crippen LogP contribution in [0.15, 0.2) is 48.5 Å². The highest BCUT2D eigenvalue weighted by molar-refractivity contribution is 5.94. The highest BCUT2D eigenvalue weighted by atomic mass is 16.1. The van der Waals surface area contributed by atoms with Crippen molar-refractivity contribution in [3.63, 3.8) is 0 Å². The molecule has 0 spiro atoms. The van der Waals surface area contributed by atoms with Crippen LogP contribution in [0.3, 0.4) is 0 Å². The molecule has 0 saturated carbocycles. The smallest absolute Gasteiger partial charge is 0.251 e. The number of carbonyl (C=O) groups is 1. The summed E-state index contributed by atoms with van der Waals surface area (Å²) >= 11 is 0. The summed E-state index contributed by atoms with van der Waals surface area (Å²) in [6, 6.07) is 16.1. The Morgan fingerprint density at radius 1 is 0.966 bits per heavy atom. The van der Waals surface area contributed by atoms with Gasteiger partial charge in [0.25, 0.3) is 5.91 Å². The van der Waals surface area contributed by atoms with Crippen molar-refractivity contribution in [3.8, 4) is 0 Å². The molecule has 0 atom stereocenters. The molecular formula is C25H33N3O. The van der Waals surface area contributed by atoms with Crippen molar-refractivity contribution in [1.29, 1.82) is 0 Å². The zero-order valence-electron chi connectivity index (χ0n) is 17.8. The van der Waals surface area contributed by atoms with Gasteiger partial charge in [0.15, 0.2) is 0 Å². The quantitative estimate of drug-likeness (QED) is 0.428. The molecule has 3 rings (SSSR count). The number of hydrogen-bond donors (Lipinski definition) is 1. The van der Waals surface area contributed by atoms with E-state index in [-0.39, 0.29) is 5.91 Å². The zero-order chi connectivity index (χ0) is 20.5. The highest BCUT2D eigenvalue weighted by Gasteiger charge is 2.10. The maximum absolute atomic E-state index is 12.3. The fraction of sp³-hybridized carbons (Fsp3) is 0.440. The van der Waals surface area contributed by atoms with Crippen LogP contribution in [0.1, 0.15) is 67.2 Å². The Morgan fingerprint density at radius 2 is 1.72 bits per heavy atom. The molecule has 2 aromatic carbocycles. The van der Waals surface area contributed by atoms with Gasteiger partial charge in [-0.25, -0.2) is 4.98 Å². The average molecular weight is 392 g/mol. The first-order valence-corrected chi connectivity index (χ1v) is 11.0. The number of rotatable bonds is 11. The molecule has 0 aliphatic heterocycles. The van der Waals surface area contributed by atoms with Crippen LogP contribution in [0.2, 0.25) is 0 Å². The monoisotopic (exact) mass is 391 g/mol. The number of benzene rings is 2. The third-order valence-electron chi connectivity index (χ3n) is 5.40. The van der Waals surface area contributed by atoms with Gasteiger partial charge in [0.2, 0.25) is 0 Å². The van der Waals surface area contributed by atoms with E-state index in [1.54, 1.807) is 0 Å². The molecule has 4 heteroatoms. The van der Waals surface area contributed by atoms with Crippen LogP contribution in [0.4, 0.5) is 0 Å². The second kappa shape index (κ2) is 10.8. The molecule has 29 heavy (non-hydrogen) atoms. The van der Waals surface area contributed by atoms with Gasteiger partial charge >= 0.3 is 0 Å². The summed E-state index contributed by atoms with van der Waals surface area (Å²) in [6.45, 7) is 5.96. The van der Waals surface area contributed by atoms with Gasteiger partial charge in [-0.05, 0) is 44.0 Å². The molecule has 4 nitrogen and oxygen atoms in total. The van der Waals surface area contributed by atoms with Gasteiger partial charge in [-0.1, -0.05) is 62.4 Å². The Labute approximate surface area is 174 Å². The molecule has 0 aliphatic rings. The van der Waals surface area contributed by atoms with Crippen molar-refractivity contribution in [1.82, 2.24) is 14.9 Å². The van der Waals surface area contributed by atoms with Crippen molar-refractivity contribution in [2.24, 2.45) is 0 Å². The lowest BCUT2D eigenvalue weighted by Crippen LogP contribution is -2.25. The summed E-state index contributed by atoms with van der Waals surface area (Å²) in [6.07, 6.45) is 8.12. The zero-order valence-corrected chi connectivity index (χ0v) is 17.8. The molecule has 1 aromatic heterocycles. The summed E-state index contributed by atoms with van der Waals surface area (Å²) < 4.78 is 2.38. The molecule has 0 aliphatic carbocycles. The molecule has 1 heterocycles. The molecule has 1 amide bonds. The Balaban J connectivity index is 1.55. The predicted octanol–water partition coefficient (Wildman–Crippen LogP) is 5.68. The van der Waals surface area contributed by atoms with Crippen LogP contribution in [-0.2, 0) is 13.0 Å². The third-order valence-corrected chi connectivity index (χ3v) is 5.40. The number of nitrogens with zero attached hydrogens (tertiary/aromatic N) is 2. The Kier molecular flexibility index (Phi) is 7.85. The minimum absolute atomic E-state index is 0.00516. The van der Waals surface area contributed by atoms with E-state index in [1.807, 2.05) is 37.3 Å². The van der Waals surface area contributed by atoms with Crippen molar-refractivity contribution < 1.29 is 4.79 Å². The van der Waals surface area contributed by atoms with E-state index in [1.165, 1.54) is 37.6 Å². The second-order valence-corrected chi connectivity index (χ2v) is 7.81. The van der Waals surface area contributed by atoms with E-state index in [0.29, 0.717) is 6.54 Å². The van der Waals surface area contributed by atoms with Gasteiger partial charge in [-0.2, -0.15) is 0 Å². The van der Waals surface area contributed by atoms with E-state index in [9.17, 15) is 4.79 Å². The largest absolute Gasteiger partial charge is 0.352 e. The Bertz CT molecular complexity index is 911. The first-order valence-electron chi connectivity index (χ1n) is 11.0. The summed E-state index contributed by atoms with van der Waals surface area (Å²) in [5, 5.41) is 3.03. The Hall–Kier alpha value is -2.62. The minimum atomic E-state index is -0.00516. The normalized spacial score (nSPS) is 11.1. The van der Waals surface area contributed by atoms with Gasteiger partial charge in [0.1, 0.15) is 5.82 Å². The van der Waals surface area contributed by atoms with Crippen molar-refractivity contribution in [2.45, 2.75) is 65.3 Å². The molecule has 3 aromatic rings. The number of nitrogens with one attached hydrogen (secondary N) is 1. The average Bonchev–Trinajstić information content (AvgIpc) is 3.09. The second-order valence-electron chi connectivity index (χ2n) is 7.81. The minimum Gasteiger partial charge on any atom is -0.352 e. The summed E-state index contributed by atoms with van der Waals surface area (Å²) in [4.78, 5) is 17.1. The highest BCUT2D eigenvalue weighted by Crippen LogP contribution is 2.18. The SMILES string of the molecule is CCCCCCCn1c(CCCNC(=O)c2ccc(C)cc2)nc2ccccc21.